The van der Waals surface area contributed by atoms with Crippen LogP contribution in [-0.4, -0.2) is 28.9 Å². The number of nitrogens with zero attached hydrogens (tertiary/aromatic N) is 2. The van der Waals surface area contributed by atoms with Gasteiger partial charge in [-0.2, -0.15) is 4.98 Å². The third-order valence-corrected chi connectivity index (χ3v) is 2.84. The zero-order chi connectivity index (χ0) is 13.3. The van der Waals surface area contributed by atoms with Crippen molar-refractivity contribution in [3.8, 4) is 28.8 Å². The lowest BCUT2D eigenvalue weighted by Crippen LogP contribution is -1.95. The molecule has 0 radical (unpaired) electrons. The molecule has 0 spiro atoms. The highest BCUT2D eigenvalue weighted by Gasteiger charge is 2.15. The van der Waals surface area contributed by atoms with Crippen LogP contribution in [0.4, 0.5) is 0 Å². The van der Waals surface area contributed by atoms with Gasteiger partial charge in [0.2, 0.25) is 5.88 Å². The summed E-state index contributed by atoms with van der Waals surface area (Å²) < 4.78 is 12.1. The molecule has 0 aliphatic carbocycles. The summed E-state index contributed by atoms with van der Waals surface area (Å²) in [5.41, 5.74) is 0.737. The fraction of sp³-hybridized carbons (Fsp3) is 0.250. The van der Waals surface area contributed by atoms with Crippen LogP contribution < -0.4 is 9.47 Å². The zero-order valence-electron chi connectivity index (χ0n) is 10.3. The van der Waals surface area contributed by atoms with Crippen molar-refractivity contribution in [2.24, 2.45) is 7.05 Å². The number of aromatic hydroxyl groups is 1. The minimum atomic E-state index is -0.0431. The van der Waals surface area contributed by atoms with Gasteiger partial charge in [-0.25, -0.2) is 0 Å². The molecule has 0 aliphatic heterocycles. The van der Waals surface area contributed by atoms with Crippen LogP contribution in [-0.2, 0) is 7.05 Å². The van der Waals surface area contributed by atoms with Crippen LogP contribution in [0.3, 0.4) is 0 Å². The molecular formula is C12H13ClN2O3. The molecule has 0 bridgehead atoms. The summed E-state index contributed by atoms with van der Waals surface area (Å²) in [7, 11) is 4.84. The van der Waals surface area contributed by atoms with Crippen LogP contribution in [0, 0.1) is 0 Å². The minimum absolute atomic E-state index is 0.0431. The number of hydrogen-bond acceptors (Lipinski definition) is 4. The lowest BCUT2D eigenvalue weighted by molar-refractivity contribution is 0.355. The minimum Gasteiger partial charge on any atom is -0.493 e. The maximum Gasteiger partial charge on any atom is 0.229 e. The SMILES string of the molecule is COc1cc(-c2nc(O)cn2C)cc(Cl)c1OC. The topological polar surface area (TPSA) is 56.5 Å². The highest BCUT2D eigenvalue weighted by atomic mass is 35.5. The summed E-state index contributed by atoms with van der Waals surface area (Å²) in [6, 6.07) is 3.47. The first-order valence-corrected chi connectivity index (χ1v) is 5.58. The molecule has 2 aromatic rings. The molecule has 1 aromatic heterocycles. The molecule has 1 aromatic carbocycles. The number of aromatic nitrogens is 2. The Bertz CT molecular complexity index is 581. The van der Waals surface area contributed by atoms with E-state index in [4.69, 9.17) is 21.1 Å². The summed E-state index contributed by atoms with van der Waals surface area (Å²) in [4.78, 5) is 4.02. The molecule has 0 saturated heterocycles. The molecule has 18 heavy (non-hydrogen) atoms. The first-order valence-electron chi connectivity index (χ1n) is 5.21. The highest BCUT2D eigenvalue weighted by Crippen LogP contribution is 2.39. The van der Waals surface area contributed by atoms with Crippen molar-refractivity contribution in [1.82, 2.24) is 9.55 Å². The molecule has 2 rings (SSSR count). The van der Waals surface area contributed by atoms with E-state index in [0.717, 1.165) is 5.56 Å². The number of ether oxygens (including phenoxy) is 2. The van der Waals surface area contributed by atoms with Crippen molar-refractivity contribution in [1.29, 1.82) is 0 Å². The number of imidazole rings is 1. The lowest BCUT2D eigenvalue weighted by atomic mass is 10.2. The van der Waals surface area contributed by atoms with Gasteiger partial charge in [0.05, 0.1) is 25.4 Å². The summed E-state index contributed by atoms with van der Waals surface area (Å²) in [5, 5.41) is 9.80. The van der Waals surface area contributed by atoms with Gasteiger partial charge in [0.25, 0.3) is 0 Å². The summed E-state index contributed by atoms with van der Waals surface area (Å²) in [5.74, 6) is 1.54. The molecule has 5 nitrogen and oxygen atoms in total. The molecule has 1 N–H and O–H groups in total. The Hall–Kier alpha value is -1.88. The quantitative estimate of drug-likeness (QED) is 0.929. The Morgan fingerprint density at radius 3 is 2.50 bits per heavy atom. The van der Waals surface area contributed by atoms with Crippen LogP contribution in [0.5, 0.6) is 17.4 Å². The fourth-order valence-electron chi connectivity index (χ4n) is 1.77. The average molecular weight is 269 g/mol. The van der Waals surface area contributed by atoms with E-state index in [1.54, 1.807) is 23.7 Å². The summed E-state index contributed by atoms with van der Waals surface area (Å²) in [6.45, 7) is 0. The van der Waals surface area contributed by atoms with E-state index in [1.165, 1.54) is 20.4 Å². The van der Waals surface area contributed by atoms with Gasteiger partial charge in [0.1, 0.15) is 5.82 Å². The van der Waals surface area contributed by atoms with Gasteiger partial charge in [-0.3, -0.25) is 0 Å². The second-order valence-corrected chi connectivity index (χ2v) is 4.13. The van der Waals surface area contributed by atoms with Gasteiger partial charge in [-0.15, -0.1) is 0 Å². The molecule has 1 heterocycles. The van der Waals surface area contributed by atoms with E-state index >= 15 is 0 Å². The molecule has 0 aliphatic rings. The number of rotatable bonds is 3. The van der Waals surface area contributed by atoms with Crippen molar-refractivity contribution < 1.29 is 14.6 Å². The predicted molar refractivity (Wildman–Crippen MR) is 68.4 cm³/mol. The van der Waals surface area contributed by atoms with Gasteiger partial charge in [0, 0.05) is 12.6 Å². The standard InChI is InChI=1S/C12H13ClN2O3/c1-15-6-10(16)14-12(15)7-4-8(13)11(18-3)9(5-7)17-2/h4-6,16H,1-3H3. The van der Waals surface area contributed by atoms with Crippen molar-refractivity contribution in [3.63, 3.8) is 0 Å². The molecule has 0 unspecified atom stereocenters. The molecule has 0 fully saturated rings. The van der Waals surface area contributed by atoms with Gasteiger partial charge < -0.3 is 19.1 Å². The van der Waals surface area contributed by atoms with E-state index < -0.39 is 0 Å². The summed E-state index contributed by atoms with van der Waals surface area (Å²) >= 11 is 6.12. The predicted octanol–water partition coefficient (Wildman–Crippen LogP) is 2.46. The number of hydrogen-bond donors (Lipinski definition) is 1. The molecule has 96 valence electrons. The number of methoxy groups -OCH3 is 2. The Labute approximate surface area is 110 Å². The third kappa shape index (κ3) is 2.09. The molecule has 6 heteroatoms. The van der Waals surface area contributed by atoms with Crippen LogP contribution in [0.25, 0.3) is 11.4 Å². The first kappa shape index (κ1) is 12.6. The molecular weight excluding hydrogens is 256 g/mol. The van der Waals surface area contributed by atoms with E-state index in [1.807, 2.05) is 0 Å². The fourth-order valence-corrected chi connectivity index (χ4v) is 2.05. The van der Waals surface area contributed by atoms with Gasteiger partial charge in [0.15, 0.2) is 11.5 Å². The summed E-state index contributed by atoms with van der Waals surface area (Å²) in [6.07, 6.45) is 1.51. The molecule has 0 amide bonds. The third-order valence-electron chi connectivity index (χ3n) is 2.56. The van der Waals surface area contributed by atoms with Gasteiger partial charge >= 0.3 is 0 Å². The first-order chi connectivity index (χ1) is 8.56. The van der Waals surface area contributed by atoms with Crippen molar-refractivity contribution in [2.45, 2.75) is 0 Å². The Kier molecular flexibility index (Phi) is 3.34. The molecule has 0 atom stereocenters. The van der Waals surface area contributed by atoms with E-state index in [-0.39, 0.29) is 5.88 Å². The Morgan fingerprint density at radius 2 is 2.00 bits per heavy atom. The maximum atomic E-state index is 9.37. The lowest BCUT2D eigenvalue weighted by Gasteiger charge is -2.11. The van der Waals surface area contributed by atoms with Gasteiger partial charge in [-0.1, -0.05) is 11.6 Å². The normalized spacial score (nSPS) is 10.4. The number of benzene rings is 1. The van der Waals surface area contributed by atoms with Gasteiger partial charge in [-0.05, 0) is 12.1 Å². The zero-order valence-corrected chi connectivity index (χ0v) is 11.0. The van der Waals surface area contributed by atoms with Crippen molar-refractivity contribution in [2.75, 3.05) is 14.2 Å². The second kappa shape index (κ2) is 4.78. The number of aryl methyl sites for hydroxylation is 1. The van der Waals surface area contributed by atoms with E-state index in [9.17, 15) is 5.11 Å². The number of halogens is 1. The van der Waals surface area contributed by atoms with E-state index in [0.29, 0.717) is 22.3 Å². The Balaban J connectivity index is 2.59. The van der Waals surface area contributed by atoms with Crippen molar-refractivity contribution in [3.05, 3.63) is 23.4 Å². The van der Waals surface area contributed by atoms with E-state index in [2.05, 4.69) is 4.98 Å². The largest absolute Gasteiger partial charge is 0.493 e. The molecule has 0 saturated carbocycles. The Morgan fingerprint density at radius 1 is 1.28 bits per heavy atom. The van der Waals surface area contributed by atoms with Crippen LogP contribution in [0.2, 0.25) is 5.02 Å². The van der Waals surface area contributed by atoms with Crippen LogP contribution >= 0.6 is 11.6 Å². The highest BCUT2D eigenvalue weighted by molar-refractivity contribution is 6.32. The average Bonchev–Trinajstić information content (AvgIpc) is 2.67. The van der Waals surface area contributed by atoms with Crippen LogP contribution in [0.1, 0.15) is 0 Å². The maximum absolute atomic E-state index is 9.37. The second-order valence-electron chi connectivity index (χ2n) is 3.73. The van der Waals surface area contributed by atoms with Crippen molar-refractivity contribution >= 4 is 11.6 Å². The monoisotopic (exact) mass is 268 g/mol. The smallest absolute Gasteiger partial charge is 0.229 e. The van der Waals surface area contributed by atoms with Crippen LogP contribution in [0.15, 0.2) is 18.3 Å².